The molecule has 0 saturated heterocycles. The molecular formula is C23H18N4O4. The molecule has 1 amide bonds. The maximum Gasteiger partial charge on any atom is 0.294 e. The smallest absolute Gasteiger partial charge is 0.294 e. The standard InChI is InChI=1S/C23H18N4O4/c1-15-13-21(28)22(24-26(15)19-9-5-6-10-20(19)27(30)31)23(29)25(2)18-12-11-16-7-3-4-8-17(16)14-18/h3-14H,1-2H3. The van der Waals surface area contributed by atoms with Crippen LogP contribution in [0.25, 0.3) is 16.5 Å². The molecular weight excluding hydrogens is 396 g/mol. The SMILES string of the molecule is Cc1cc(=O)c(C(=O)N(C)c2ccc3ccccc3c2)nn1-c1ccccc1[N+](=O)[O-]. The van der Waals surface area contributed by atoms with Crippen LogP contribution in [0, 0.1) is 17.0 Å². The number of nitro groups is 1. The van der Waals surface area contributed by atoms with Gasteiger partial charge in [-0.2, -0.15) is 5.10 Å². The van der Waals surface area contributed by atoms with Crippen molar-refractivity contribution in [2.75, 3.05) is 11.9 Å². The third-order valence-corrected chi connectivity index (χ3v) is 5.04. The highest BCUT2D eigenvalue weighted by molar-refractivity contribution is 6.05. The van der Waals surface area contributed by atoms with Crippen molar-refractivity contribution in [1.82, 2.24) is 9.78 Å². The molecule has 4 aromatic rings. The molecule has 3 aromatic carbocycles. The first-order chi connectivity index (χ1) is 14.9. The second-order valence-electron chi connectivity index (χ2n) is 7.05. The molecule has 1 aromatic heterocycles. The molecule has 0 bridgehead atoms. The van der Waals surface area contributed by atoms with E-state index in [-0.39, 0.29) is 17.1 Å². The fourth-order valence-electron chi connectivity index (χ4n) is 3.40. The number of hydrogen-bond donors (Lipinski definition) is 0. The van der Waals surface area contributed by atoms with Gasteiger partial charge in [-0.3, -0.25) is 19.7 Å². The van der Waals surface area contributed by atoms with Crippen LogP contribution in [0.3, 0.4) is 0 Å². The molecule has 4 rings (SSSR count). The van der Waals surface area contributed by atoms with E-state index in [0.717, 1.165) is 10.8 Å². The average molecular weight is 414 g/mol. The van der Waals surface area contributed by atoms with E-state index in [4.69, 9.17) is 0 Å². The summed E-state index contributed by atoms with van der Waals surface area (Å²) < 4.78 is 1.25. The summed E-state index contributed by atoms with van der Waals surface area (Å²) >= 11 is 0. The highest BCUT2D eigenvalue weighted by atomic mass is 16.6. The van der Waals surface area contributed by atoms with Gasteiger partial charge in [-0.25, -0.2) is 4.68 Å². The molecule has 0 atom stereocenters. The molecule has 0 unspecified atom stereocenters. The van der Waals surface area contributed by atoms with Crippen molar-refractivity contribution in [2.45, 2.75) is 6.92 Å². The molecule has 0 aliphatic carbocycles. The summed E-state index contributed by atoms with van der Waals surface area (Å²) in [5, 5.41) is 17.6. The van der Waals surface area contributed by atoms with Crippen LogP contribution in [0.2, 0.25) is 0 Å². The van der Waals surface area contributed by atoms with Gasteiger partial charge in [-0.05, 0) is 35.9 Å². The van der Waals surface area contributed by atoms with Gasteiger partial charge < -0.3 is 4.90 Å². The molecule has 0 radical (unpaired) electrons. The Labute approximate surface area is 177 Å². The lowest BCUT2D eigenvalue weighted by Crippen LogP contribution is -2.33. The van der Waals surface area contributed by atoms with Gasteiger partial charge in [0.1, 0.15) is 5.69 Å². The predicted molar refractivity (Wildman–Crippen MR) is 118 cm³/mol. The van der Waals surface area contributed by atoms with Crippen LogP contribution in [-0.4, -0.2) is 27.7 Å². The summed E-state index contributed by atoms with van der Waals surface area (Å²) in [6, 6.07) is 20.5. The first-order valence-corrected chi connectivity index (χ1v) is 9.48. The van der Waals surface area contributed by atoms with Gasteiger partial charge in [-0.15, -0.1) is 0 Å². The van der Waals surface area contributed by atoms with Crippen LogP contribution in [0.4, 0.5) is 11.4 Å². The number of rotatable bonds is 4. The Morgan fingerprint density at radius 1 is 1.00 bits per heavy atom. The number of aryl methyl sites for hydroxylation is 1. The van der Waals surface area contributed by atoms with Crippen LogP contribution in [0.15, 0.2) is 77.6 Å². The number of hydrogen-bond acceptors (Lipinski definition) is 5. The fourth-order valence-corrected chi connectivity index (χ4v) is 3.40. The van der Waals surface area contributed by atoms with Crippen molar-refractivity contribution in [3.05, 3.63) is 105 Å². The summed E-state index contributed by atoms with van der Waals surface area (Å²) in [6.07, 6.45) is 0. The number of nitrogens with zero attached hydrogens (tertiary/aromatic N) is 4. The Bertz CT molecular complexity index is 1390. The maximum atomic E-state index is 13.1. The number of anilines is 1. The lowest BCUT2D eigenvalue weighted by Gasteiger charge is -2.18. The highest BCUT2D eigenvalue weighted by Gasteiger charge is 2.23. The second kappa shape index (κ2) is 7.83. The van der Waals surface area contributed by atoms with Crippen molar-refractivity contribution in [3.63, 3.8) is 0 Å². The zero-order valence-corrected chi connectivity index (χ0v) is 16.9. The molecule has 0 aliphatic rings. The fraction of sp³-hybridized carbons (Fsp3) is 0.0870. The van der Waals surface area contributed by atoms with Crippen LogP contribution in [0.5, 0.6) is 0 Å². The molecule has 1 heterocycles. The van der Waals surface area contributed by atoms with Gasteiger partial charge in [0.2, 0.25) is 5.43 Å². The van der Waals surface area contributed by atoms with Gasteiger partial charge in [0.25, 0.3) is 11.6 Å². The third-order valence-electron chi connectivity index (χ3n) is 5.04. The van der Waals surface area contributed by atoms with Crippen LogP contribution < -0.4 is 10.3 Å². The summed E-state index contributed by atoms with van der Waals surface area (Å²) in [5.74, 6) is -0.604. The minimum Gasteiger partial charge on any atom is -0.310 e. The van der Waals surface area contributed by atoms with Crippen molar-refractivity contribution >= 4 is 28.1 Å². The summed E-state index contributed by atoms with van der Waals surface area (Å²) in [6.45, 7) is 1.60. The summed E-state index contributed by atoms with van der Waals surface area (Å²) in [7, 11) is 1.56. The van der Waals surface area contributed by atoms with E-state index in [1.807, 2.05) is 36.4 Å². The lowest BCUT2D eigenvalue weighted by molar-refractivity contribution is -0.384. The van der Waals surface area contributed by atoms with Crippen molar-refractivity contribution in [3.8, 4) is 5.69 Å². The van der Waals surface area contributed by atoms with E-state index < -0.39 is 16.3 Å². The monoisotopic (exact) mass is 414 g/mol. The van der Waals surface area contributed by atoms with Gasteiger partial charge in [0, 0.05) is 30.6 Å². The largest absolute Gasteiger partial charge is 0.310 e. The second-order valence-corrected chi connectivity index (χ2v) is 7.05. The third kappa shape index (κ3) is 3.66. The first kappa shape index (κ1) is 20.0. The number of carbonyl (C=O) groups is 1. The Morgan fingerprint density at radius 3 is 2.42 bits per heavy atom. The molecule has 0 fully saturated rings. The summed E-state index contributed by atoms with van der Waals surface area (Å²) in [5.41, 5.74) is 0.103. The Morgan fingerprint density at radius 2 is 1.68 bits per heavy atom. The quantitative estimate of drug-likeness (QED) is 0.373. The Hall–Kier alpha value is -4.33. The first-order valence-electron chi connectivity index (χ1n) is 9.48. The molecule has 0 saturated carbocycles. The number of amides is 1. The molecule has 31 heavy (non-hydrogen) atoms. The lowest BCUT2D eigenvalue weighted by atomic mass is 10.1. The Kier molecular flexibility index (Phi) is 5.04. The normalized spacial score (nSPS) is 10.8. The molecule has 0 aliphatic heterocycles. The van der Waals surface area contributed by atoms with E-state index in [1.165, 1.54) is 27.8 Å². The zero-order chi connectivity index (χ0) is 22.1. The maximum absolute atomic E-state index is 13.1. The predicted octanol–water partition coefficient (Wildman–Crippen LogP) is 3.88. The van der Waals surface area contributed by atoms with E-state index in [0.29, 0.717) is 11.4 Å². The number of carbonyl (C=O) groups excluding carboxylic acids is 1. The van der Waals surface area contributed by atoms with E-state index in [2.05, 4.69) is 5.10 Å². The van der Waals surface area contributed by atoms with Gasteiger partial charge >= 0.3 is 0 Å². The van der Waals surface area contributed by atoms with Gasteiger partial charge in [0.05, 0.1) is 4.92 Å². The van der Waals surface area contributed by atoms with Crippen LogP contribution in [-0.2, 0) is 0 Å². The minimum absolute atomic E-state index is 0.174. The molecule has 8 heteroatoms. The molecule has 0 spiro atoms. The zero-order valence-electron chi connectivity index (χ0n) is 16.9. The van der Waals surface area contributed by atoms with E-state index in [9.17, 15) is 19.7 Å². The van der Waals surface area contributed by atoms with Crippen LogP contribution >= 0.6 is 0 Å². The van der Waals surface area contributed by atoms with Gasteiger partial charge in [-0.1, -0.05) is 42.5 Å². The summed E-state index contributed by atoms with van der Waals surface area (Å²) in [4.78, 5) is 37.9. The van der Waals surface area contributed by atoms with Crippen molar-refractivity contribution in [1.29, 1.82) is 0 Å². The minimum atomic E-state index is -0.604. The molecule has 0 N–H and O–H groups in total. The topological polar surface area (TPSA) is 98.3 Å². The van der Waals surface area contributed by atoms with Crippen molar-refractivity contribution < 1.29 is 9.72 Å². The number of aromatic nitrogens is 2. The molecule has 8 nitrogen and oxygen atoms in total. The van der Waals surface area contributed by atoms with Crippen LogP contribution in [0.1, 0.15) is 16.2 Å². The number of nitro benzene ring substituents is 1. The highest BCUT2D eigenvalue weighted by Crippen LogP contribution is 2.24. The number of para-hydroxylation sites is 2. The van der Waals surface area contributed by atoms with E-state index >= 15 is 0 Å². The number of fused-ring (bicyclic) bond motifs is 1. The van der Waals surface area contributed by atoms with Gasteiger partial charge in [0.15, 0.2) is 5.69 Å². The number of benzene rings is 3. The average Bonchev–Trinajstić information content (AvgIpc) is 2.78. The molecule has 154 valence electrons. The Balaban J connectivity index is 1.79. The van der Waals surface area contributed by atoms with E-state index in [1.54, 1.807) is 32.2 Å². The van der Waals surface area contributed by atoms with Crippen molar-refractivity contribution in [2.24, 2.45) is 0 Å².